The van der Waals surface area contributed by atoms with Gasteiger partial charge in [0.05, 0.1) is 0 Å². The van der Waals surface area contributed by atoms with Gasteiger partial charge in [-0.3, -0.25) is 9.78 Å². The average molecular weight is 189 g/mol. The second-order valence-corrected chi connectivity index (χ2v) is 2.73. The molecule has 0 N–H and O–H groups in total. The van der Waals surface area contributed by atoms with Gasteiger partial charge < -0.3 is 4.52 Å². The molecule has 70 valence electrons. The van der Waals surface area contributed by atoms with Gasteiger partial charge in [0.15, 0.2) is 0 Å². The molecule has 2 rings (SSSR count). The van der Waals surface area contributed by atoms with Gasteiger partial charge in [0.25, 0.3) is 0 Å². The first-order valence-corrected chi connectivity index (χ1v) is 4.01. The fraction of sp³-hybridized carbons (Fsp3) is 0.111. The minimum absolute atomic E-state index is 0.395. The van der Waals surface area contributed by atoms with Crippen molar-refractivity contribution in [3.63, 3.8) is 0 Å². The van der Waals surface area contributed by atoms with Crippen LogP contribution in [0.15, 0.2) is 22.9 Å². The first-order chi connectivity index (χ1) is 6.79. The molecule has 0 amide bonds. The lowest BCUT2D eigenvalue weighted by atomic mass is 10.2. The zero-order valence-corrected chi connectivity index (χ0v) is 7.47. The van der Waals surface area contributed by atoms with Gasteiger partial charge in [-0.05, 0) is 12.1 Å². The molecule has 5 heteroatoms. The van der Waals surface area contributed by atoms with E-state index in [9.17, 15) is 4.79 Å². The topological polar surface area (TPSA) is 68.9 Å². The molecule has 0 bridgehead atoms. The second kappa shape index (κ2) is 3.37. The van der Waals surface area contributed by atoms with E-state index < -0.39 is 0 Å². The van der Waals surface area contributed by atoms with Crippen molar-refractivity contribution in [1.82, 2.24) is 15.1 Å². The van der Waals surface area contributed by atoms with Crippen molar-refractivity contribution in [2.45, 2.75) is 6.92 Å². The number of rotatable bonds is 2. The van der Waals surface area contributed by atoms with Gasteiger partial charge in [0.1, 0.15) is 12.0 Å². The van der Waals surface area contributed by atoms with Gasteiger partial charge in [0, 0.05) is 18.7 Å². The van der Waals surface area contributed by atoms with Crippen LogP contribution in [0.25, 0.3) is 11.5 Å². The molecule has 5 nitrogen and oxygen atoms in total. The summed E-state index contributed by atoms with van der Waals surface area (Å²) in [6.07, 6.45) is 2.28. The molecule has 0 aliphatic heterocycles. The Hall–Kier alpha value is -2.04. The highest BCUT2D eigenvalue weighted by Crippen LogP contribution is 2.12. The molecular weight excluding hydrogens is 182 g/mol. The molecule has 14 heavy (non-hydrogen) atoms. The summed E-state index contributed by atoms with van der Waals surface area (Å²) in [6.45, 7) is 1.69. The van der Waals surface area contributed by atoms with Crippen LogP contribution in [0.5, 0.6) is 0 Å². The van der Waals surface area contributed by atoms with E-state index in [2.05, 4.69) is 15.1 Å². The molecule has 0 aliphatic rings. The van der Waals surface area contributed by atoms with Crippen LogP contribution in [0.1, 0.15) is 16.2 Å². The van der Waals surface area contributed by atoms with Crippen molar-refractivity contribution in [3.8, 4) is 11.5 Å². The van der Waals surface area contributed by atoms with Crippen molar-refractivity contribution in [2.24, 2.45) is 0 Å². The van der Waals surface area contributed by atoms with Gasteiger partial charge in [0.2, 0.25) is 11.7 Å². The molecule has 2 aromatic rings. The van der Waals surface area contributed by atoms with Crippen LogP contribution in [0, 0.1) is 6.92 Å². The first kappa shape index (κ1) is 8.55. The van der Waals surface area contributed by atoms with Crippen LogP contribution in [-0.2, 0) is 0 Å². The Morgan fingerprint density at radius 2 is 2.36 bits per heavy atom. The molecule has 0 spiro atoms. The minimum atomic E-state index is 0.395. The molecule has 0 atom stereocenters. The Balaban J connectivity index is 2.46. The van der Waals surface area contributed by atoms with Gasteiger partial charge >= 0.3 is 0 Å². The third kappa shape index (κ3) is 1.52. The highest BCUT2D eigenvalue weighted by atomic mass is 16.5. The summed E-state index contributed by atoms with van der Waals surface area (Å²) in [6, 6.07) is 3.22. The van der Waals surface area contributed by atoms with E-state index in [1.807, 2.05) is 0 Å². The molecule has 0 saturated heterocycles. The lowest BCUT2D eigenvalue weighted by Gasteiger charge is -1.93. The number of pyridine rings is 1. The molecule has 0 radical (unpaired) electrons. The summed E-state index contributed by atoms with van der Waals surface area (Å²) in [5.74, 6) is 0.865. The van der Waals surface area contributed by atoms with Crippen LogP contribution in [-0.4, -0.2) is 21.4 Å². The van der Waals surface area contributed by atoms with Gasteiger partial charge in [-0.25, -0.2) is 0 Å². The Bertz CT molecular complexity index is 465. The van der Waals surface area contributed by atoms with Crippen molar-refractivity contribution in [1.29, 1.82) is 0 Å². The maximum atomic E-state index is 10.5. The third-order valence-corrected chi connectivity index (χ3v) is 1.68. The Labute approximate surface area is 79.8 Å². The van der Waals surface area contributed by atoms with Crippen LogP contribution in [0.3, 0.4) is 0 Å². The Morgan fingerprint density at radius 3 is 3.00 bits per heavy atom. The van der Waals surface area contributed by atoms with E-state index in [1.165, 1.54) is 6.20 Å². The van der Waals surface area contributed by atoms with Gasteiger partial charge in [-0.15, -0.1) is 0 Å². The first-order valence-electron chi connectivity index (χ1n) is 4.01. The molecule has 0 unspecified atom stereocenters. The monoisotopic (exact) mass is 189 g/mol. The average Bonchev–Trinajstić information content (AvgIpc) is 2.65. The van der Waals surface area contributed by atoms with E-state index in [4.69, 9.17) is 4.52 Å². The highest BCUT2D eigenvalue weighted by molar-refractivity contribution is 5.76. The molecule has 0 aromatic carbocycles. The van der Waals surface area contributed by atoms with E-state index in [0.717, 1.165) is 6.29 Å². The number of carbonyl (C=O) groups is 1. The second-order valence-electron chi connectivity index (χ2n) is 2.73. The quantitative estimate of drug-likeness (QED) is 0.665. The number of nitrogens with zero attached hydrogens (tertiary/aromatic N) is 3. The molecular formula is C9H7N3O2. The SMILES string of the molecule is Cc1nc(-c2cc(C=O)ccn2)no1. The van der Waals surface area contributed by atoms with E-state index in [-0.39, 0.29) is 0 Å². The van der Waals surface area contributed by atoms with Crippen LogP contribution >= 0.6 is 0 Å². The summed E-state index contributed by atoms with van der Waals surface area (Å²) in [5.41, 5.74) is 1.07. The number of aromatic nitrogens is 3. The predicted octanol–water partition coefficient (Wildman–Crippen LogP) is 1.25. The minimum Gasteiger partial charge on any atom is -0.339 e. The van der Waals surface area contributed by atoms with Crippen molar-refractivity contribution < 1.29 is 9.32 Å². The number of aryl methyl sites for hydroxylation is 1. The largest absolute Gasteiger partial charge is 0.339 e. The van der Waals surface area contributed by atoms with Crippen LogP contribution in [0.4, 0.5) is 0 Å². The summed E-state index contributed by atoms with van der Waals surface area (Å²) in [4.78, 5) is 18.5. The summed E-state index contributed by atoms with van der Waals surface area (Å²) in [5, 5.41) is 3.70. The normalized spacial score (nSPS) is 10.1. The Morgan fingerprint density at radius 1 is 1.50 bits per heavy atom. The number of hydrogen-bond donors (Lipinski definition) is 0. The van der Waals surface area contributed by atoms with E-state index >= 15 is 0 Å². The molecule has 2 aromatic heterocycles. The van der Waals surface area contributed by atoms with E-state index in [1.54, 1.807) is 19.1 Å². The van der Waals surface area contributed by atoms with Crippen molar-refractivity contribution >= 4 is 6.29 Å². The zero-order chi connectivity index (χ0) is 9.97. The number of carbonyl (C=O) groups excluding carboxylic acids is 1. The fourth-order valence-corrected chi connectivity index (χ4v) is 1.05. The van der Waals surface area contributed by atoms with Gasteiger partial charge in [-0.2, -0.15) is 4.98 Å². The lowest BCUT2D eigenvalue weighted by molar-refractivity contribution is 0.112. The standard InChI is InChI=1S/C9H7N3O2/c1-6-11-9(12-14-6)8-4-7(5-13)2-3-10-8/h2-5H,1H3. The Kier molecular flexibility index (Phi) is 2.06. The maximum absolute atomic E-state index is 10.5. The number of hydrogen-bond acceptors (Lipinski definition) is 5. The molecule has 0 saturated carbocycles. The highest BCUT2D eigenvalue weighted by Gasteiger charge is 2.06. The van der Waals surface area contributed by atoms with Crippen LogP contribution in [0.2, 0.25) is 0 Å². The van der Waals surface area contributed by atoms with E-state index in [0.29, 0.717) is 23.0 Å². The smallest absolute Gasteiger partial charge is 0.223 e. The molecule has 0 fully saturated rings. The summed E-state index contributed by atoms with van der Waals surface area (Å²) < 4.78 is 4.80. The van der Waals surface area contributed by atoms with Crippen LogP contribution < -0.4 is 0 Å². The summed E-state index contributed by atoms with van der Waals surface area (Å²) in [7, 11) is 0. The number of aldehydes is 1. The van der Waals surface area contributed by atoms with Crippen molar-refractivity contribution in [3.05, 3.63) is 29.8 Å². The molecule has 0 aliphatic carbocycles. The maximum Gasteiger partial charge on any atom is 0.223 e. The summed E-state index contributed by atoms with van der Waals surface area (Å²) >= 11 is 0. The van der Waals surface area contributed by atoms with Gasteiger partial charge in [-0.1, -0.05) is 5.16 Å². The zero-order valence-electron chi connectivity index (χ0n) is 7.47. The third-order valence-electron chi connectivity index (χ3n) is 1.68. The lowest BCUT2D eigenvalue weighted by Crippen LogP contribution is -1.88. The molecule has 2 heterocycles. The predicted molar refractivity (Wildman–Crippen MR) is 47.7 cm³/mol. The van der Waals surface area contributed by atoms with Crippen molar-refractivity contribution in [2.75, 3.05) is 0 Å². The fourth-order valence-electron chi connectivity index (χ4n) is 1.05.